The quantitative estimate of drug-likeness (QED) is 0.916. The van der Waals surface area contributed by atoms with E-state index in [1.165, 1.54) is 0 Å². The van der Waals surface area contributed by atoms with Gasteiger partial charge in [0.15, 0.2) is 0 Å². The molecule has 0 unspecified atom stereocenters. The van der Waals surface area contributed by atoms with Gasteiger partial charge in [-0.3, -0.25) is 0 Å². The van der Waals surface area contributed by atoms with Crippen LogP contribution in [0.25, 0.3) is 0 Å². The molecule has 0 saturated carbocycles. The Hall–Kier alpha value is -0.950. The maximum Gasteiger partial charge on any atom is 0.322 e. The van der Waals surface area contributed by atoms with E-state index in [2.05, 4.69) is 20.0 Å². The molecule has 1 aliphatic heterocycles. The highest BCUT2D eigenvalue weighted by Gasteiger charge is 2.33. The van der Waals surface area contributed by atoms with Gasteiger partial charge in [-0.25, -0.2) is 0 Å². The molecule has 2 heterocycles. The van der Waals surface area contributed by atoms with Crippen molar-refractivity contribution in [3.8, 4) is 0 Å². The molecule has 104 valence electrons. The van der Waals surface area contributed by atoms with E-state index >= 15 is 0 Å². The molecule has 0 radical (unpaired) electrons. The van der Waals surface area contributed by atoms with Crippen LogP contribution in [0.3, 0.4) is 0 Å². The van der Waals surface area contributed by atoms with Crippen molar-refractivity contribution in [2.75, 3.05) is 25.0 Å². The van der Waals surface area contributed by atoms with Gasteiger partial charge in [0.1, 0.15) is 0 Å². The van der Waals surface area contributed by atoms with E-state index < -0.39 is 11.8 Å². The average Bonchev–Trinajstić information content (AvgIpc) is 2.78. The summed E-state index contributed by atoms with van der Waals surface area (Å²) in [7, 11) is 1.92. The highest BCUT2D eigenvalue weighted by Crippen LogP contribution is 2.27. The largest absolute Gasteiger partial charge is 0.338 e. The van der Waals surface area contributed by atoms with E-state index in [9.17, 15) is 8.78 Å². The monoisotopic (exact) mass is 282 g/mol. The predicted octanol–water partition coefficient (Wildman–Crippen LogP) is 1.79. The second-order valence-electron chi connectivity index (χ2n) is 4.34. The van der Waals surface area contributed by atoms with E-state index in [0.29, 0.717) is 6.04 Å². The van der Waals surface area contributed by atoms with Crippen LogP contribution in [0.1, 0.15) is 25.7 Å². The Bertz CT molecular complexity index is 374. The zero-order valence-corrected chi connectivity index (χ0v) is 11.1. The summed E-state index contributed by atoms with van der Waals surface area (Å²) >= 11 is 0. The molecular formula is C10H17ClF2N4O. The molecule has 1 N–H and O–H groups in total. The third-order valence-corrected chi connectivity index (χ3v) is 2.98. The van der Waals surface area contributed by atoms with E-state index in [0.717, 1.165) is 32.9 Å². The fraction of sp³-hybridized carbons (Fsp3) is 0.800. The van der Waals surface area contributed by atoms with Gasteiger partial charge >= 0.3 is 5.92 Å². The van der Waals surface area contributed by atoms with Crippen molar-refractivity contribution in [2.24, 2.45) is 0 Å². The minimum atomic E-state index is -3.07. The van der Waals surface area contributed by atoms with Gasteiger partial charge < -0.3 is 14.7 Å². The molecule has 5 nitrogen and oxygen atoms in total. The van der Waals surface area contributed by atoms with Gasteiger partial charge in [0.2, 0.25) is 0 Å². The van der Waals surface area contributed by atoms with Crippen LogP contribution in [0.15, 0.2) is 4.52 Å². The van der Waals surface area contributed by atoms with Crippen molar-refractivity contribution >= 4 is 18.4 Å². The number of rotatable bonds is 3. The van der Waals surface area contributed by atoms with Gasteiger partial charge in [0, 0.05) is 26.1 Å². The van der Waals surface area contributed by atoms with Gasteiger partial charge in [0.05, 0.1) is 0 Å². The number of hydrogen-bond acceptors (Lipinski definition) is 5. The van der Waals surface area contributed by atoms with Gasteiger partial charge in [-0.1, -0.05) is 0 Å². The molecule has 0 aromatic carbocycles. The minimum Gasteiger partial charge on any atom is -0.338 e. The second-order valence-corrected chi connectivity index (χ2v) is 4.34. The Morgan fingerprint density at radius 3 is 2.44 bits per heavy atom. The number of alkyl halides is 2. The van der Waals surface area contributed by atoms with Crippen molar-refractivity contribution in [3.63, 3.8) is 0 Å². The van der Waals surface area contributed by atoms with Gasteiger partial charge in [-0.15, -0.1) is 12.4 Å². The number of halogens is 3. The number of hydrogen-bond donors (Lipinski definition) is 1. The normalized spacial score (nSPS) is 17.7. The molecule has 8 heteroatoms. The molecular weight excluding hydrogens is 266 g/mol. The summed E-state index contributed by atoms with van der Waals surface area (Å²) in [4.78, 5) is 5.60. The summed E-state index contributed by atoms with van der Waals surface area (Å²) in [6.45, 7) is 2.25. The van der Waals surface area contributed by atoms with Crippen LogP contribution in [-0.4, -0.2) is 36.3 Å². The highest BCUT2D eigenvalue weighted by molar-refractivity contribution is 5.85. The molecule has 1 aliphatic rings. The lowest BCUT2D eigenvalue weighted by Gasteiger charge is -2.30. The van der Waals surface area contributed by atoms with E-state index in [1.807, 2.05) is 11.9 Å². The van der Waals surface area contributed by atoms with Crippen LogP contribution in [0.5, 0.6) is 0 Å². The smallest absolute Gasteiger partial charge is 0.322 e. The van der Waals surface area contributed by atoms with Crippen molar-refractivity contribution in [1.29, 1.82) is 0 Å². The Labute approximate surface area is 110 Å². The van der Waals surface area contributed by atoms with Crippen molar-refractivity contribution in [1.82, 2.24) is 15.5 Å². The SMILES string of the molecule is CNC1CCN(c2noc(C(C)(F)F)n2)CC1.Cl. The maximum atomic E-state index is 12.9. The molecule has 1 fully saturated rings. The average molecular weight is 283 g/mol. The molecule has 0 amide bonds. The first-order chi connectivity index (χ1) is 8.00. The fourth-order valence-corrected chi connectivity index (χ4v) is 1.89. The third kappa shape index (κ3) is 3.29. The van der Waals surface area contributed by atoms with Crippen molar-refractivity contribution in [2.45, 2.75) is 31.7 Å². The number of aromatic nitrogens is 2. The Morgan fingerprint density at radius 2 is 2.00 bits per heavy atom. The van der Waals surface area contributed by atoms with E-state index in [1.54, 1.807) is 0 Å². The lowest BCUT2D eigenvalue weighted by molar-refractivity contribution is -0.0158. The predicted molar refractivity (Wildman–Crippen MR) is 65.4 cm³/mol. The molecule has 0 aliphatic carbocycles. The summed E-state index contributed by atoms with van der Waals surface area (Å²) in [5.74, 6) is -3.44. The molecule has 1 aromatic rings. The van der Waals surface area contributed by atoms with Crippen LogP contribution in [-0.2, 0) is 5.92 Å². The summed E-state index contributed by atoms with van der Waals surface area (Å²) in [6, 6.07) is 0.477. The van der Waals surface area contributed by atoms with Crippen molar-refractivity contribution < 1.29 is 13.3 Å². The molecule has 1 aromatic heterocycles. The number of nitrogens with zero attached hydrogens (tertiary/aromatic N) is 3. The van der Waals surface area contributed by atoms with Crippen LogP contribution >= 0.6 is 12.4 Å². The highest BCUT2D eigenvalue weighted by atomic mass is 35.5. The molecule has 0 bridgehead atoms. The number of anilines is 1. The Morgan fingerprint density at radius 1 is 1.39 bits per heavy atom. The van der Waals surface area contributed by atoms with Crippen LogP contribution in [0.4, 0.5) is 14.7 Å². The first-order valence-corrected chi connectivity index (χ1v) is 5.65. The lowest BCUT2D eigenvalue weighted by Crippen LogP contribution is -2.41. The van der Waals surface area contributed by atoms with Crippen LogP contribution in [0, 0.1) is 0 Å². The Kier molecular flexibility index (Phi) is 4.86. The zero-order chi connectivity index (χ0) is 12.5. The first kappa shape index (κ1) is 15.1. The number of piperidine rings is 1. The third-order valence-electron chi connectivity index (χ3n) is 2.98. The maximum absolute atomic E-state index is 12.9. The summed E-state index contributed by atoms with van der Waals surface area (Å²) in [5.41, 5.74) is 0. The van der Waals surface area contributed by atoms with E-state index in [4.69, 9.17) is 0 Å². The standard InChI is InChI=1S/C10H16F2N4O.ClH/c1-10(11,12)8-14-9(15-17-8)16-5-3-7(13-2)4-6-16;/h7,13H,3-6H2,1-2H3;1H. The molecule has 18 heavy (non-hydrogen) atoms. The zero-order valence-electron chi connectivity index (χ0n) is 10.3. The molecule has 2 rings (SSSR count). The summed E-state index contributed by atoms with van der Waals surface area (Å²) in [5, 5.41) is 6.79. The fourth-order valence-electron chi connectivity index (χ4n) is 1.89. The second kappa shape index (κ2) is 5.79. The molecule has 0 atom stereocenters. The molecule has 1 saturated heterocycles. The van der Waals surface area contributed by atoms with Crippen LogP contribution < -0.4 is 10.2 Å². The van der Waals surface area contributed by atoms with Gasteiger partial charge in [0.25, 0.3) is 11.8 Å². The summed E-state index contributed by atoms with van der Waals surface area (Å²) in [6.07, 6.45) is 1.89. The summed E-state index contributed by atoms with van der Waals surface area (Å²) < 4.78 is 30.4. The topological polar surface area (TPSA) is 54.2 Å². The van der Waals surface area contributed by atoms with Gasteiger partial charge in [-0.05, 0) is 25.0 Å². The first-order valence-electron chi connectivity index (χ1n) is 5.65. The van der Waals surface area contributed by atoms with Crippen LogP contribution in [0.2, 0.25) is 0 Å². The van der Waals surface area contributed by atoms with E-state index in [-0.39, 0.29) is 18.4 Å². The minimum absolute atomic E-state index is 0. The lowest BCUT2D eigenvalue weighted by atomic mass is 10.1. The van der Waals surface area contributed by atoms with Crippen molar-refractivity contribution in [3.05, 3.63) is 5.89 Å². The van der Waals surface area contributed by atoms with Gasteiger partial charge in [-0.2, -0.15) is 13.8 Å². The Balaban J connectivity index is 0.00000162. The number of nitrogens with one attached hydrogen (secondary N) is 1. The molecule has 0 spiro atoms.